The molecular weight excluding hydrogens is 431 g/mol. The lowest BCUT2D eigenvalue weighted by Crippen LogP contribution is -2.31. The van der Waals surface area contributed by atoms with Crippen LogP contribution in [0.2, 0.25) is 0 Å². The summed E-state index contributed by atoms with van der Waals surface area (Å²) >= 11 is 0. The van der Waals surface area contributed by atoms with Gasteiger partial charge in [0.15, 0.2) is 6.61 Å². The quantitative estimate of drug-likeness (QED) is 0.438. The van der Waals surface area contributed by atoms with Crippen LogP contribution >= 0.6 is 0 Å². The topological polar surface area (TPSA) is 106 Å². The third kappa shape index (κ3) is 4.67. The number of hydrogen-bond acceptors (Lipinski definition) is 6. The number of ether oxygens (including phenoxy) is 1. The number of rotatable bonds is 7. The maximum atomic E-state index is 13.0. The van der Waals surface area contributed by atoms with Gasteiger partial charge in [0.05, 0.1) is 35.5 Å². The first-order valence-electron chi connectivity index (χ1n) is 10.1. The molecule has 3 aromatic rings. The summed E-state index contributed by atoms with van der Waals surface area (Å²) in [5.41, 5.74) is 0.982. The Kier molecular flexibility index (Phi) is 6.03. The summed E-state index contributed by atoms with van der Waals surface area (Å²) in [7, 11) is 0. The molecule has 33 heavy (non-hydrogen) atoms. The van der Waals surface area contributed by atoms with Gasteiger partial charge in [0, 0.05) is 0 Å². The zero-order valence-electron chi connectivity index (χ0n) is 17.5. The van der Waals surface area contributed by atoms with Crippen molar-refractivity contribution in [1.82, 2.24) is 10.2 Å². The van der Waals surface area contributed by atoms with Gasteiger partial charge < -0.3 is 14.5 Å². The van der Waals surface area contributed by atoms with Crippen molar-refractivity contribution in [2.75, 3.05) is 6.61 Å². The number of esters is 1. The number of hydrogen-bond donors (Lipinski definition) is 1. The van der Waals surface area contributed by atoms with Crippen LogP contribution in [0.15, 0.2) is 65.3 Å². The Morgan fingerprint density at radius 3 is 2.48 bits per heavy atom. The highest BCUT2D eigenvalue weighted by atomic mass is 19.1. The van der Waals surface area contributed by atoms with Crippen LogP contribution in [0.5, 0.6) is 0 Å². The minimum Gasteiger partial charge on any atom is -0.467 e. The average molecular weight is 450 g/mol. The molecule has 168 valence electrons. The predicted octanol–water partition coefficient (Wildman–Crippen LogP) is 3.25. The Bertz CT molecular complexity index is 1220. The zero-order valence-corrected chi connectivity index (χ0v) is 17.5. The first kappa shape index (κ1) is 21.9. The Morgan fingerprint density at radius 1 is 1.06 bits per heavy atom. The van der Waals surface area contributed by atoms with Crippen molar-refractivity contribution in [2.24, 2.45) is 0 Å². The Balaban J connectivity index is 1.36. The van der Waals surface area contributed by atoms with E-state index < -0.39 is 36.3 Å². The second kappa shape index (κ2) is 9.07. The molecular formula is C24H19FN2O6. The number of benzene rings is 2. The summed E-state index contributed by atoms with van der Waals surface area (Å²) in [6.45, 7) is 1.15. The van der Waals surface area contributed by atoms with E-state index in [2.05, 4.69) is 5.32 Å². The fourth-order valence-electron chi connectivity index (χ4n) is 3.45. The van der Waals surface area contributed by atoms with E-state index in [1.165, 1.54) is 36.6 Å². The van der Waals surface area contributed by atoms with Crippen LogP contribution in [0.25, 0.3) is 0 Å². The normalized spacial score (nSPS) is 13.6. The molecule has 1 aromatic heterocycles. The first-order chi connectivity index (χ1) is 15.8. The molecule has 9 heteroatoms. The maximum absolute atomic E-state index is 13.0. The molecule has 0 aliphatic carbocycles. The highest BCUT2D eigenvalue weighted by Crippen LogP contribution is 2.26. The van der Waals surface area contributed by atoms with Crippen molar-refractivity contribution < 1.29 is 32.7 Å². The van der Waals surface area contributed by atoms with Crippen molar-refractivity contribution in [1.29, 1.82) is 0 Å². The summed E-state index contributed by atoms with van der Waals surface area (Å²) in [4.78, 5) is 50.8. The van der Waals surface area contributed by atoms with E-state index in [1.54, 1.807) is 31.2 Å². The SMILES string of the molecule is C[C@@H](NC(=O)COC(=O)c1ccc2c(c1)C(=O)N(Cc1ccco1)C2=O)c1ccc(F)cc1. The number of fused-ring (bicyclic) bond motifs is 1. The van der Waals surface area contributed by atoms with Gasteiger partial charge in [0.25, 0.3) is 17.7 Å². The Hall–Kier alpha value is -4.27. The highest BCUT2D eigenvalue weighted by Gasteiger charge is 2.36. The summed E-state index contributed by atoms with van der Waals surface area (Å²) in [6.07, 6.45) is 1.44. The van der Waals surface area contributed by atoms with Crippen LogP contribution in [-0.2, 0) is 16.1 Å². The molecule has 4 rings (SSSR count). The number of imide groups is 1. The number of nitrogens with one attached hydrogen (secondary N) is 1. The maximum Gasteiger partial charge on any atom is 0.338 e. The summed E-state index contributed by atoms with van der Waals surface area (Å²) in [5.74, 6) is -2.33. The van der Waals surface area contributed by atoms with Crippen LogP contribution < -0.4 is 5.32 Å². The van der Waals surface area contributed by atoms with Crippen LogP contribution in [0.3, 0.4) is 0 Å². The van der Waals surface area contributed by atoms with Crippen molar-refractivity contribution >= 4 is 23.7 Å². The monoisotopic (exact) mass is 450 g/mol. The smallest absolute Gasteiger partial charge is 0.338 e. The minimum absolute atomic E-state index is 0.0223. The minimum atomic E-state index is -0.813. The lowest BCUT2D eigenvalue weighted by Gasteiger charge is -2.14. The fraction of sp³-hybridized carbons (Fsp3) is 0.167. The fourth-order valence-corrected chi connectivity index (χ4v) is 3.45. The summed E-state index contributed by atoms with van der Waals surface area (Å²) in [5, 5.41) is 2.65. The van der Waals surface area contributed by atoms with Gasteiger partial charge >= 0.3 is 5.97 Å². The molecule has 0 spiro atoms. The number of furan rings is 1. The number of amides is 3. The van der Waals surface area contributed by atoms with E-state index in [4.69, 9.17) is 9.15 Å². The van der Waals surface area contributed by atoms with E-state index in [-0.39, 0.29) is 29.1 Å². The molecule has 0 radical (unpaired) electrons. The van der Waals surface area contributed by atoms with E-state index in [1.807, 2.05) is 0 Å². The molecule has 1 aliphatic rings. The van der Waals surface area contributed by atoms with E-state index in [9.17, 15) is 23.6 Å². The van der Waals surface area contributed by atoms with Gasteiger partial charge in [-0.05, 0) is 55.0 Å². The lowest BCUT2D eigenvalue weighted by atomic mass is 10.1. The van der Waals surface area contributed by atoms with Gasteiger partial charge in [-0.25, -0.2) is 9.18 Å². The van der Waals surface area contributed by atoms with Crippen molar-refractivity contribution in [2.45, 2.75) is 19.5 Å². The van der Waals surface area contributed by atoms with Crippen molar-refractivity contribution in [3.05, 3.63) is 94.7 Å². The summed E-state index contributed by atoms with van der Waals surface area (Å²) in [6, 6.07) is 12.6. The molecule has 2 aromatic carbocycles. The molecule has 0 saturated carbocycles. The van der Waals surface area contributed by atoms with E-state index in [0.717, 1.165) is 4.90 Å². The number of nitrogens with zero attached hydrogens (tertiary/aromatic N) is 1. The molecule has 0 saturated heterocycles. The number of carbonyl (C=O) groups excluding carboxylic acids is 4. The van der Waals surface area contributed by atoms with Gasteiger partial charge in [-0.15, -0.1) is 0 Å². The number of carbonyl (C=O) groups is 4. The molecule has 0 unspecified atom stereocenters. The van der Waals surface area contributed by atoms with Gasteiger partial charge in [-0.1, -0.05) is 12.1 Å². The lowest BCUT2D eigenvalue weighted by molar-refractivity contribution is -0.124. The standard InChI is InChI=1S/C24H19FN2O6/c1-14(15-4-7-17(25)8-5-15)26-21(28)13-33-24(31)16-6-9-19-20(11-16)23(30)27(22(19)29)12-18-3-2-10-32-18/h2-11,14H,12-13H2,1H3,(H,26,28)/t14-/m1/s1. The third-order valence-corrected chi connectivity index (χ3v) is 5.18. The predicted molar refractivity (Wildman–Crippen MR) is 113 cm³/mol. The van der Waals surface area contributed by atoms with Gasteiger partial charge in [-0.3, -0.25) is 19.3 Å². The third-order valence-electron chi connectivity index (χ3n) is 5.18. The first-order valence-corrected chi connectivity index (χ1v) is 10.1. The molecule has 2 heterocycles. The summed E-state index contributed by atoms with van der Waals surface area (Å²) < 4.78 is 23.3. The molecule has 1 N–H and O–H groups in total. The van der Waals surface area contributed by atoms with Crippen molar-refractivity contribution in [3.63, 3.8) is 0 Å². The van der Waals surface area contributed by atoms with Gasteiger partial charge in [0.1, 0.15) is 11.6 Å². The van der Waals surface area contributed by atoms with Gasteiger partial charge in [-0.2, -0.15) is 0 Å². The second-order valence-electron chi connectivity index (χ2n) is 7.45. The second-order valence-corrected chi connectivity index (χ2v) is 7.45. The molecule has 8 nitrogen and oxygen atoms in total. The Morgan fingerprint density at radius 2 is 1.79 bits per heavy atom. The zero-order chi connectivity index (χ0) is 23.5. The van der Waals surface area contributed by atoms with Crippen LogP contribution in [0, 0.1) is 5.82 Å². The van der Waals surface area contributed by atoms with E-state index >= 15 is 0 Å². The van der Waals surface area contributed by atoms with Crippen LogP contribution in [-0.4, -0.2) is 35.2 Å². The van der Waals surface area contributed by atoms with Crippen molar-refractivity contribution in [3.8, 4) is 0 Å². The Labute approximate surface area is 187 Å². The highest BCUT2D eigenvalue weighted by molar-refractivity contribution is 6.21. The van der Waals surface area contributed by atoms with Crippen LogP contribution in [0.1, 0.15) is 55.4 Å². The molecule has 3 amide bonds. The van der Waals surface area contributed by atoms with Crippen LogP contribution in [0.4, 0.5) is 4.39 Å². The molecule has 0 bridgehead atoms. The molecule has 0 fully saturated rings. The van der Waals surface area contributed by atoms with E-state index in [0.29, 0.717) is 11.3 Å². The molecule has 1 atom stereocenters. The largest absolute Gasteiger partial charge is 0.467 e. The van der Waals surface area contributed by atoms with Gasteiger partial charge in [0.2, 0.25) is 0 Å². The molecule has 1 aliphatic heterocycles. The average Bonchev–Trinajstić information content (AvgIpc) is 3.40. The number of halogens is 1.